The van der Waals surface area contributed by atoms with Gasteiger partial charge in [0.05, 0.1) is 6.42 Å². The molecule has 1 atom stereocenters. The van der Waals surface area contributed by atoms with Gasteiger partial charge in [-0.15, -0.1) is 0 Å². The van der Waals surface area contributed by atoms with E-state index in [9.17, 15) is 14.4 Å². The standard InChI is InChI=1S/C26H30N2O5/c1-2-23(25(31)28(14-13-24(29)30)15-17-11-12-17)27-26(32)33-16-22-20-9-5-3-7-18(20)19-8-4-6-10-21(19)22/h3-10,17,22-23H,2,11-16H2,1H3,(H,27,32)(H,29,30)/t23-/m0/s1. The second kappa shape index (κ2) is 10.1. The number of amides is 2. The number of fused-ring (bicyclic) bond motifs is 3. The number of carboxylic acids is 1. The summed E-state index contributed by atoms with van der Waals surface area (Å²) >= 11 is 0. The summed E-state index contributed by atoms with van der Waals surface area (Å²) < 4.78 is 5.58. The van der Waals surface area contributed by atoms with Gasteiger partial charge in [0, 0.05) is 19.0 Å². The van der Waals surface area contributed by atoms with E-state index in [0.29, 0.717) is 18.9 Å². The smallest absolute Gasteiger partial charge is 0.407 e. The number of aliphatic carboxylic acids is 1. The van der Waals surface area contributed by atoms with E-state index in [2.05, 4.69) is 29.6 Å². The van der Waals surface area contributed by atoms with E-state index in [1.165, 1.54) is 0 Å². The normalized spacial score (nSPS) is 15.3. The van der Waals surface area contributed by atoms with Crippen LogP contribution in [0.15, 0.2) is 48.5 Å². The summed E-state index contributed by atoms with van der Waals surface area (Å²) in [5.74, 6) is -0.823. The topological polar surface area (TPSA) is 95.9 Å². The van der Waals surface area contributed by atoms with Crippen LogP contribution in [0.1, 0.15) is 49.7 Å². The first-order valence-electron chi connectivity index (χ1n) is 11.6. The van der Waals surface area contributed by atoms with Crippen molar-refractivity contribution >= 4 is 18.0 Å². The van der Waals surface area contributed by atoms with Gasteiger partial charge in [-0.25, -0.2) is 4.79 Å². The predicted molar refractivity (Wildman–Crippen MR) is 124 cm³/mol. The van der Waals surface area contributed by atoms with Gasteiger partial charge >= 0.3 is 12.1 Å². The van der Waals surface area contributed by atoms with Crippen LogP contribution in [0.2, 0.25) is 0 Å². The zero-order chi connectivity index (χ0) is 23.4. The fourth-order valence-corrected chi connectivity index (χ4v) is 4.48. The quantitative estimate of drug-likeness (QED) is 0.570. The Kier molecular flexibility index (Phi) is 6.96. The number of carboxylic acid groups (broad SMARTS) is 1. The van der Waals surface area contributed by atoms with Crippen LogP contribution in [0.25, 0.3) is 11.1 Å². The number of nitrogens with zero attached hydrogens (tertiary/aromatic N) is 1. The van der Waals surface area contributed by atoms with Crippen molar-refractivity contribution in [1.82, 2.24) is 10.2 Å². The Morgan fingerprint density at radius 2 is 1.67 bits per heavy atom. The molecule has 1 saturated carbocycles. The number of carbonyl (C=O) groups is 3. The molecule has 2 aromatic carbocycles. The van der Waals surface area contributed by atoms with Gasteiger partial charge in [-0.05, 0) is 47.4 Å². The van der Waals surface area contributed by atoms with Crippen LogP contribution in [0, 0.1) is 5.92 Å². The Morgan fingerprint density at radius 1 is 1.06 bits per heavy atom. The molecule has 0 heterocycles. The highest BCUT2D eigenvalue weighted by Gasteiger charge is 2.32. The molecule has 7 heteroatoms. The van der Waals surface area contributed by atoms with Crippen LogP contribution in [-0.4, -0.2) is 53.7 Å². The Morgan fingerprint density at radius 3 is 2.21 bits per heavy atom. The van der Waals surface area contributed by atoms with E-state index in [1.54, 1.807) is 4.90 Å². The predicted octanol–water partition coefficient (Wildman–Crippen LogP) is 4.02. The van der Waals surface area contributed by atoms with Crippen molar-refractivity contribution in [3.8, 4) is 11.1 Å². The largest absolute Gasteiger partial charge is 0.481 e. The monoisotopic (exact) mass is 450 g/mol. The molecule has 0 saturated heterocycles. The van der Waals surface area contributed by atoms with Crippen LogP contribution in [0.5, 0.6) is 0 Å². The molecule has 2 N–H and O–H groups in total. The third-order valence-corrected chi connectivity index (χ3v) is 6.42. The SMILES string of the molecule is CC[C@H](NC(=O)OCC1c2ccccc2-c2ccccc21)C(=O)N(CCC(=O)O)CC1CC1. The number of alkyl carbamates (subject to hydrolysis) is 1. The molecule has 33 heavy (non-hydrogen) atoms. The molecule has 7 nitrogen and oxygen atoms in total. The summed E-state index contributed by atoms with van der Waals surface area (Å²) in [5, 5.41) is 11.7. The minimum absolute atomic E-state index is 0.0548. The molecule has 0 aromatic heterocycles. The first-order valence-corrected chi connectivity index (χ1v) is 11.6. The van der Waals surface area contributed by atoms with Crippen molar-refractivity contribution in [2.24, 2.45) is 5.92 Å². The van der Waals surface area contributed by atoms with Crippen molar-refractivity contribution < 1.29 is 24.2 Å². The zero-order valence-corrected chi connectivity index (χ0v) is 18.8. The number of hydrogen-bond donors (Lipinski definition) is 2. The zero-order valence-electron chi connectivity index (χ0n) is 18.8. The molecule has 0 bridgehead atoms. The first kappa shape index (κ1) is 22.8. The highest BCUT2D eigenvalue weighted by atomic mass is 16.5. The van der Waals surface area contributed by atoms with Crippen LogP contribution in [0.4, 0.5) is 4.79 Å². The summed E-state index contributed by atoms with van der Waals surface area (Å²) in [6.07, 6.45) is 1.75. The van der Waals surface area contributed by atoms with Gasteiger partial charge in [-0.2, -0.15) is 0 Å². The van der Waals surface area contributed by atoms with E-state index < -0.39 is 18.1 Å². The van der Waals surface area contributed by atoms with Crippen LogP contribution < -0.4 is 5.32 Å². The molecule has 0 aliphatic heterocycles. The Balaban J connectivity index is 1.38. The van der Waals surface area contributed by atoms with E-state index in [1.807, 2.05) is 31.2 Å². The van der Waals surface area contributed by atoms with Crippen LogP contribution in [0.3, 0.4) is 0 Å². The number of hydrogen-bond acceptors (Lipinski definition) is 4. The fraction of sp³-hybridized carbons (Fsp3) is 0.423. The molecular formula is C26H30N2O5. The van der Waals surface area contributed by atoms with Gasteiger partial charge in [0.1, 0.15) is 12.6 Å². The molecule has 2 aromatic rings. The van der Waals surface area contributed by atoms with Gasteiger partial charge in [0.25, 0.3) is 0 Å². The van der Waals surface area contributed by atoms with E-state index >= 15 is 0 Å². The summed E-state index contributed by atoms with van der Waals surface area (Å²) in [4.78, 5) is 38.2. The van der Waals surface area contributed by atoms with Crippen molar-refractivity contribution in [3.05, 3.63) is 59.7 Å². The molecule has 1 fully saturated rings. The van der Waals surface area contributed by atoms with Crippen molar-refractivity contribution in [3.63, 3.8) is 0 Å². The summed E-state index contributed by atoms with van der Waals surface area (Å²) in [5.41, 5.74) is 4.55. The summed E-state index contributed by atoms with van der Waals surface area (Å²) in [6, 6.07) is 15.5. The maximum absolute atomic E-state index is 13.0. The Labute approximate surface area is 193 Å². The molecule has 4 rings (SSSR count). The lowest BCUT2D eigenvalue weighted by Crippen LogP contribution is -2.49. The van der Waals surface area contributed by atoms with Gasteiger partial charge in [-0.3, -0.25) is 9.59 Å². The number of carbonyl (C=O) groups excluding carboxylic acids is 2. The maximum atomic E-state index is 13.0. The number of nitrogens with one attached hydrogen (secondary N) is 1. The number of rotatable bonds is 10. The van der Waals surface area contributed by atoms with Crippen LogP contribution >= 0.6 is 0 Å². The molecule has 0 unspecified atom stereocenters. The van der Waals surface area contributed by atoms with Crippen molar-refractivity contribution in [2.75, 3.05) is 19.7 Å². The van der Waals surface area contributed by atoms with E-state index in [0.717, 1.165) is 35.1 Å². The fourth-order valence-electron chi connectivity index (χ4n) is 4.48. The van der Waals surface area contributed by atoms with Crippen molar-refractivity contribution in [1.29, 1.82) is 0 Å². The van der Waals surface area contributed by atoms with E-state index in [-0.39, 0.29) is 31.4 Å². The molecule has 174 valence electrons. The molecule has 2 aliphatic carbocycles. The molecule has 2 aliphatic rings. The average molecular weight is 451 g/mol. The van der Waals surface area contributed by atoms with Gasteiger partial charge < -0.3 is 20.1 Å². The second-order valence-corrected chi connectivity index (χ2v) is 8.80. The highest BCUT2D eigenvalue weighted by molar-refractivity contribution is 5.86. The van der Waals surface area contributed by atoms with Gasteiger partial charge in [0.2, 0.25) is 5.91 Å². The Bertz CT molecular complexity index is 987. The second-order valence-electron chi connectivity index (χ2n) is 8.80. The minimum atomic E-state index is -0.943. The third-order valence-electron chi connectivity index (χ3n) is 6.42. The lowest BCUT2D eigenvalue weighted by Gasteiger charge is -2.27. The maximum Gasteiger partial charge on any atom is 0.407 e. The minimum Gasteiger partial charge on any atom is -0.481 e. The summed E-state index contributed by atoms with van der Waals surface area (Å²) in [6.45, 7) is 2.68. The molecule has 0 spiro atoms. The average Bonchev–Trinajstić information content (AvgIpc) is 3.59. The van der Waals surface area contributed by atoms with E-state index in [4.69, 9.17) is 9.84 Å². The van der Waals surface area contributed by atoms with Crippen molar-refractivity contribution in [2.45, 2.75) is 44.6 Å². The first-order chi connectivity index (χ1) is 16.0. The Hall–Kier alpha value is -3.35. The highest BCUT2D eigenvalue weighted by Crippen LogP contribution is 2.44. The van der Waals surface area contributed by atoms with Crippen LogP contribution in [-0.2, 0) is 14.3 Å². The van der Waals surface area contributed by atoms with Gasteiger partial charge in [0.15, 0.2) is 0 Å². The summed E-state index contributed by atoms with van der Waals surface area (Å²) in [7, 11) is 0. The third kappa shape index (κ3) is 5.35. The lowest BCUT2D eigenvalue weighted by molar-refractivity contribution is -0.139. The lowest BCUT2D eigenvalue weighted by atomic mass is 9.98. The number of benzene rings is 2. The number of ether oxygens (including phenoxy) is 1. The van der Waals surface area contributed by atoms with Gasteiger partial charge in [-0.1, -0.05) is 55.5 Å². The molecule has 2 amide bonds. The molecule has 0 radical (unpaired) electrons. The molecular weight excluding hydrogens is 420 g/mol.